The SMILES string of the molecule is CCOC(=O)N(Cc1ccccc1)CC1CCC(C)(O)CC1. The average Bonchev–Trinajstić information content (AvgIpc) is 2.50. The van der Waals surface area contributed by atoms with E-state index in [9.17, 15) is 9.90 Å². The number of amides is 1. The lowest BCUT2D eigenvalue weighted by atomic mass is 9.80. The number of ether oxygens (including phenoxy) is 1. The Labute approximate surface area is 133 Å². The van der Waals surface area contributed by atoms with Crippen LogP contribution in [0.25, 0.3) is 0 Å². The molecular formula is C18H27NO3. The Morgan fingerprint density at radius 1 is 1.32 bits per heavy atom. The molecule has 1 aliphatic carbocycles. The first-order valence-electron chi connectivity index (χ1n) is 8.18. The maximum absolute atomic E-state index is 12.2. The van der Waals surface area contributed by atoms with Crippen molar-refractivity contribution >= 4 is 6.09 Å². The van der Waals surface area contributed by atoms with Gasteiger partial charge in [-0.15, -0.1) is 0 Å². The van der Waals surface area contributed by atoms with Gasteiger partial charge in [0.15, 0.2) is 0 Å². The van der Waals surface area contributed by atoms with Gasteiger partial charge in [-0.2, -0.15) is 0 Å². The predicted octanol–water partition coefficient (Wildman–Crippen LogP) is 3.59. The summed E-state index contributed by atoms with van der Waals surface area (Å²) in [6.45, 7) is 5.40. The Morgan fingerprint density at radius 3 is 2.55 bits per heavy atom. The van der Waals surface area contributed by atoms with Crippen LogP contribution in [0, 0.1) is 5.92 Å². The Hall–Kier alpha value is -1.55. The number of carbonyl (C=O) groups excluding carboxylic acids is 1. The Bertz CT molecular complexity index is 462. The van der Waals surface area contributed by atoms with E-state index in [-0.39, 0.29) is 6.09 Å². The minimum atomic E-state index is -0.537. The summed E-state index contributed by atoms with van der Waals surface area (Å²) in [7, 11) is 0. The molecule has 1 aliphatic rings. The molecule has 22 heavy (non-hydrogen) atoms. The summed E-state index contributed by atoms with van der Waals surface area (Å²) < 4.78 is 5.20. The van der Waals surface area contributed by atoms with E-state index in [2.05, 4.69) is 0 Å². The molecule has 0 heterocycles. The Morgan fingerprint density at radius 2 is 1.95 bits per heavy atom. The van der Waals surface area contributed by atoms with Crippen LogP contribution in [0.1, 0.15) is 45.1 Å². The van der Waals surface area contributed by atoms with Crippen molar-refractivity contribution in [2.45, 2.75) is 51.7 Å². The summed E-state index contributed by atoms with van der Waals surface area (Å²) in [5, 5.41) is 10.0. The van der Waals surface area contributed by atoms with Crippen LogP contribution in [0.5, 0.6) is 0 Å². The molecular weight excluding hydrogens is 278 g/mol. The first-order valence-corrected chi connectivity index (χ1v) is 8.18. The second-order valence-corrected chi connectivity index (χ2v) is 6.51. The summed E-state index contributed by atoms with van der Waals surface area (Å²) >= 11 is 0. The van der Waals surface area contributed by atoms with Crippen LogP contribution >= 0.6 is 0 Å². The molecule has 0 atom stereocenters. The van der Waals surface area contributed by atoms with E-state index >= 15 is 0 Å². The van der Waals surface area contributed by atoms with Gasteiger partial charge in [-0.05, 0) is 51.0 Å². The van der Waals surface area contributed by atoms with Crippen LogP contribution in [0.2, 0.25) is 0 Å². The largest absolute Gasteiger partial charge is 0.450 e. The highest BCUT2D eigenvalue weighted by atomic mass is 16.6. The van der Waals surface area contributed by atoms with Gasteiger partial charge in [0.25, 0.3) is 0 Å². The third-order valence-electron chi connectivity index (χ3n) is 4.40. The smallest absolute Gasteiger partial charge is 0.410 e. The molecule has 1 amide bonds. The zero-order valence-electron chi connectivity index (χ0n) is 13.6. The number of carbonyl (C=O) groups is 1. The first kappa shape index (κ1) is 16.8. The zero-order chi connectivity index (χ0) is 16.0. The predicted molar refractivity (Wildman–Crippen MR) is 86.5 cm³/mol. The molecule has 0 saturated heterocycles. The highest BCUT2D eigenvalue weighted by Gasteiger charge is 2.30. The highest BCUT2D eigenvalue weighted by Crippen LogP contribution is 2.32. The van der Waals surface area contributed by atoms with Crippen molar-refractivity contribution in [3.63, 3.8) is 0 Å². The molecule has 122 valence electrons. The minimum Gasteiger partial charge on any atom is -0.450 e. The first-order chi connectivity index (χ1) is 10.5. The molecule has 1 N–H and O–H groups in total. The molecule has 4 nitrogen and oxygen atoms in total. The van der Waals surface area contributed by atoms with Crippen LogP contribution in [-0.4, -0.2) is 34.9 Å². The van der Waals surface area contributed by atoms with E-state index in [1.54, 1.807) is 4.90 Å². The molecule has 4 heteroatoms. The Balaban J connectivity index is 1.97. The summed E-state index contributed by atoms with van der Waals surface area (Å²) in [5.74, 6) is 0.438. The number of aliphatic hydroxyl groups is 1. The van der Waals surface area contributed by atoms with Gasteiger partial charge in [0.05, 0.1) is 12.2 Å². The summed E-state index contributed by atoms with van der Waals surface area (Å²) in [6, 6.07) is 9.99. The lowest BCUT2D eigenvalue weighted by molar-refractivity contribution is 0.00235. The lowest BCUT2D eigenvalue weighted by Gasteiger charge is -2.35. The zero-order valence-corrected chi connectivity index (χ0v) is 13.6. The van der Waals surface area contributed by atoms with Crippen molar-refractivity contribution in [3.05, 3.63) is 35.9 Å². The van der Waals surface area contributed by atoms with Gasteiger partial charge in [-0.25, -0.2) is 4.79 Å². The van der Waals surface area contributed by atoms with E-state index in [0.717, 1.165) is 31.2 Å². The van der Waals surface area contributed by atoms with Crippen LogP contribution in [0.15, 0.2) is 30.3 Å². The van der Waals surface area contributed by atoms with E-state index in [0.29, 0.717) is 25.6 Å². The van der Waals surface area contributed by atoms with Crippen LogP contribution < -0.4 is 0 Å². The second kappa shape index (κ2) is 7.63. The third kappa shape index (κ3) is 5.02. The maximum Gasteiger partial charge on any atom is 0.410 e. The van der Waals surface area contributed by atoms with Gasteiger partial charge in [0.1, 0.15) is 0 Å². The quantitative estimate of drug-likeness (QED) is 0.904. The van der Waals surface area contributed by atoms with Crippen molar-refractivity contribution in [2.75, 3.05) is 13.2 Å². The van der Waals surface area contributed by atoms with Crippen molar-refractivity contribution < 1.29 is 14.6 Å². The molecule has 0 radical (unpaired) electrons. The maximum atomic E-state index is 12.2. The number of hydrogen-bond acceptors (Lipinski definition) is 3. The molecule has 1 aromatic carbocycles. The standard InChI is InChI=1S/C18H27NO3/c1-3-22-17(20)19(13-15-7-5-4-6-8-15)14-16-9-11-18(2,21)12-10-16/h4-8,16,21H,3,9-14H2,1-2H3. The number of benzene rings is 1. The van der Waals surface area contributed by atoms with E-state index in [1.165, 1.54) is 0 Å². The van der Waals surface area contributed by atoms with Crippen LogP contribution in [-0.2, 0) is 11.3 Å². The molecule has 1 fully saturated rings. The molecule has 0 aliphatic heterocycles. The van der Waals surface area contributed by atoms with Crippen molar-refractivity contribution in [1.29, 1.82) is 0 Å². The molecule has 1 saturated carbocycles. The van der Waals surface area contributed by atoms with Gasteiger partial charge in [-0.1, -0.05) is 30.3 Å². The summed E-state index contributed by atoms with van der Waals surface area (Å²) in [4.78, 5) is 14.0. The molecule has 2 rings (SSSR count). The fourth-order valence-corrected chi connectivity index (χ4v) is 3.02. The summed E-state index contributed by atoms with van der Waals surface area (Å²) in [6.07, 6.45) is 3.28. The van der Waals surface area contributed by atoms with Crippen LogP contribution in [0.3, 0.4) is 0 Å². The minimum absolute atomic E-state index is 0.247. The second-order valence-electron chi connectivity index (χ2n) is 6.51. The van der Waals surface area contributed by atoms with Gasteiger partial charge in [0, 0.05) is 13.1 Å². The fourth-order valence-electron chi connectivity index (χ4n) is 3.02. The molecule has 0 unspecified atom stereocenters. The van der Waals surface area contributed by atoms with E-state index in [1.807, 2.05) is 44.2 Å². The van der Waals surface area contributed by atoms with E-state index < -0.39 is 5.60 Å². The monoisotopic (exact) mass is 305 g/mol. The normalized spacial score (nSPS) is 24.8. The fraction of sp³-hybridized carbons (Fsp3) is 0.611. The Kier molecular flexibility index (Phi) is 5.83. The third-order valence-corrected chi connectivity index (χ3v) is 4.40. The van der Waals surface area contributed by atoms with Crippen molar-refractivity contribution in [1.82, 2.24) is 4.90 Å². The summed E-state index contributed by atoms with van der Waals surface area (Å²) in [5.41, 5.74) is 0.573. The van der Waals surface area contributed by atoms with Gasteiger partial charge >= 0.3 is 6.09 Å². The van der Waals surface area contributed by atoms with Gasteiger partial charge in [-0.3, -0.25) is 0 Å². The number of nitrogens with zero attached hydrogens (tertiary/aromatic N) is 1. The number of hydrogen-bond donors (Lipinski definition) is 1. The van der Waals surface area contributed by atoms with Gasteiger partial charge in [0.2, 0.25) is 0 Å². The molecule has 1 aromatic rings. The van der Waals surface area contributed by atoms with Gasteiger partial charge < -0.3 is 14.7 Å². The lowest BCUT2D eigenvalue weighted by Crippen LogP contribution is -2.39. The highest BCUT2D eigenvalue weighted by molar-refractivity contribution is 5.67. The van der Waals surface area contributed by atoms with E-state index in [4.69, 9.17) is 4.74 Å². The average molecular weight is 305 g/mol. The van der Waals surface area contributed by atoms with Crippen molar-refractivity contribution in [2.24, 2.45) is 5.92 Å². The topological polar surface area (TPSA) is 49.8 Å². The molecule has 0 bridgehead atoms. The molecule has 0 aromatic heterocycles. The molecule has 0 spiro atoms. The number of rotatable bonds is 5. The van der Waals surface area contributed by atoms with Crippen LogP contribution in [0.4, 0.5) is 4.79 Å². The van der Waals surface area contributed by atoms with Crippen molar-refractivity contribution in [3.8, 4) is 0 Å².